The molecule has 0 aliphatic carbocycles. The van der Waals surface area contributed by atoms with Crippen molar-refractivity contribution in [3.63, 3.8) is 0 Å². The van der Waals surface area contributed by atoms with E-state index in [0.29, 0.717) is 0 Å². The summed E-state index contributed by atoms with van der Waals surface area (Å²) in [5, 5.41) is 3.42. The standard InChI is InChI=1S/C11H10N2S/c1-2-4-9-8(3-1)11-10(5-6-12-9)14-7-13-11/h1-4,7,12H,5-6H2. The van der Waals surface area contributed by atoms with Crippen LogP contribution < -0.4 is 5.32 Å². The Morgan fingerprint density at radius 2 is 2.21 bits per heavy atom. The average molecular weight is 202 g/mol. The minimum absolute atomic E-state index is 1.01. The number of anilines is 1. The van der Waals surface area contributed by atoms with Crippen LogP contribution in [0.5, 0.6) is 0 Å². The molecule has 1 aliphatic rings. The van der Waals surface area contributed by atoms with Crippen molar-refractivity contribution in [1.82, 2.24) is 4.98 Å². The fourth-order valence-electron chi connectivity index (χ4n) is 1.82. The quantitative estimate of drug-likeness (QED) is 0.710. The van der Waals surface area contributed by atoms with Crippen molar-refractivity contribution in [2.75, 3.05) is 11.9 Å². The van der Waals surface area contributed by atoms with Gasteiger partial charge in [-0.2, -0.15) is 0 Å². The van der Waals surface area contributed by atoms with Gasteiger partial charge in [-0.15, -0.1) is 11.3 Å². The first-order valence-electron chi connectivity index (χ1n) is 4.71. The Labute approximate surface area is 86.6 Å². The molecule has 0 saturated heterocycles. The summed E-state index contributed by atoms with van der Waals surface area (Å²) in [5.41, 5.74) is 5.54. The van der Waals surface area contributed by atoms with E-state index < -0.39 is 0 Å². The van der Waals surface area contributed by atoms with Crippen LogP contribution in [0.4, 0.5) is 5.69 Å². The molecule has 0 radical (unpaired) electrons. The predicted molar refractivity (Wildman–Crippen MR) is 59.7 cm³/mol. The summed E-state index contributed by atoms with van der Waals surface area (Å²) >= 11 is 1.75. The third-order valence-electron chi connectivity index (χ3n) is 2.49. The molecule has 2 heterocycles. The lowest BCUT2D eigenvalue weighted by atomic mass is 10.1. The highest BCUT2D eigenvalue weighted by Crippen LogP contribution is 2.33. The van der Waals surface area contributed by atoms with Gasteiger partial charge in [-0.25, -0.2) is 4.98 Å². The van der Waals surface area contributed by atoms with Crippen LogP contribution in [0, 0.1) is 0 Å². The SMILES string of the molecule is c1ccc2c(c1)NCCc1scnc1-2. The maximum Gasteiger partial charge on any atom is 0.0864 e. The number of nitrogens with one attached hydrogen (secondary N) is 1. The molecule has 0 atom stereocenters. The van der Waals surface area contributed by atoms with Gasteiger partial charge in [0.15, 0.2) is 0 Å². The Balaban J connectivity index is 2.27. The molecule has 1 aliphatic heterocycles. The van der Waals surface area contributed by atoms with E-state index in [2.05, 4.69) is 34.6 Å². The zero-order chi connectivity index (χ0) is 9.38. The second-order valence-electron chi connectivity index (χ2n) is 3.35. The summed E-state index contributed by atoms with van der Waals surface area (Å²) in [5.74, 6) is 0. The normalized spacial score (nSPS) is 13.7. The lowest BCUT2D eigenvalue weighted by molar-refractivity contribution is 1.06. The molecule has 0 bridgehead atoms. The van der Waals surface area contributed by atoms with Gasteiger partial charge in [-0.3, -0.25) is 0 Å². The smallest absolute Gasteiger partial charge is 0.0864 e. The Hall–Kier alpha value is -1.35. The van der Waals surface area contributed by atoms with Crippen LogP contribution in [0.15, 0.2) is 29.8 Å². The summed E-state index contributed by atoms with van der Waals surface area (Å²) in [6, 6.07) is 8.37. The van der Waals surface area contributed by atoms with Crippen LogP contribution in [0.1, 0.15) is 4.88 Å². The molecular weight excluding hydrogens is 192 g/mol. The van der Waals surface area contributed by atoms with Crippen LogP contribution in [-0.2, 0) is 6.42 Å². The molecule has 0 amide bonds. The number of aromatic nitrogens is 1. The number of nitrogens with zero attached hydrogens (tertiary/aromatic N) is 1. The predicted octanol–water partition coefficient (Wildman–Crippen LogP) is 2.78. The zero-order valence-corrected chi connectivity index (χ0v) is 8.47. The molecule has 3 rings (SSSR count). The lowest BCUT2D eigenvalue weighted by Crippen LogP contribution is -2.01. The van der Waals surface area contributed by atoms with Crippen molar-refractivity contribution in [2.24, 2.45) is 0 Å². The van der Waals surface area contributed by atoms with E-state index in [0.717, 1.165) is 18.7 Å². The minimum Gasteiger partial charge on any atom is -0.384 e. The Kier molecular flexibility index (Phi) is 1.77. The number of hydrogen-bond donors (Lipinski definition) is 1. The van der Waals surface area contributed by atoms with Gasteiger partial charge in [0.25, 0.3) is 0 Å². The fourth-order valence-corrected chi connectivity index (χ4v) is 2.60. The molecule has 0 fully saturated rings. The van der Waals surface area contributed by atoms with Crippen LogP contribution in [0.2, 0.25) is 0 Å². The Bertz CT molecular complexity index is 462. The number of para-hydroxylation sites is 1. The first-order valence-corrected chi connectivity index (χ1v) is 5.59. The maximum absolute atomic E-state index is 4.44. The molecule has 14 heavy (non-hydrogen) atoms. The van der Waals surface area contributed by atoms with Gasteiger partial charge < -0.3 is 5.32 Å². The van der Waals surface area contributed by atoms with Crippen LogP contribution >= 0.6 is 11.3 Å². The number of fused-ring (bicyclic) bond motifs is 3. The maximum atomic E-state index is 4.44. The fraction of sp³-hybridized carbons (Fsp3) is 0.182. The summed E-state index contributed by atoms with van der Waals surface area (Å²) in [6.07, 6.45) is 1.08. The highest BCUT2D eigenvalue weighted by Gasteiger charge is 2.15. The number of hydrogen-bond acceptors (Lipinski definition) is 3. The molecule has 70 valence electrons. The van der Waals surface area contributed by atoms with Crippen molar-refractivity contribution < 1.29 is 0 Å². The van der Waals surface area contributed by atoms with Gasteiger partial charge in [0, 0.05) is 29.1 Å². The van der Waals surface area contributed by atoms with E-state index in [-0.39, 0.29) is 0 Å². The van der Waals surface area contributed by atoms with E-state index in [4.69, 9.17) is 0 Å². The van der Waals surface area contributed by atoms with Gasteiger partial charge in [-0.05, 0) is 6.07 Å². The molecular formula is C11H10N2S. The van der Waals surface area contributed by atoms with E-state index in [9.17, 15) is 0 Å². The van der Waals surface area contributed by atoms with E-state index >= 15 is 0 Å². The second kappa shape index (κ2) is 3.10. The first kappa shape index (κ1) is 8.00. The largest absolute Gasteiger partial charge is 0.384 e. The van der Waals surface area contributed by atoms with Gasteiger partial charge in [0.1, 0.15) is 0 Å². The number of benzene rings is 1. The van der Waals surface area contributed by atoms with Crippen molar-refractivity contribution >= 4 is 17.0 Å². The van der Waals surface area contributed by atoms with Crippen LogP contribution in [-0.4, -0.2) is 11.5 Å². The highest BCUT2D eigenvalue weighted by molar-refractivity contribution is 7.10. The van der Waals surface area contributed by atoms with Crippen molar-refractivity contribution in [3.05, 3.63) is 34.7 Å². The van der Waals surface area contributed by atoms with Gasteiger partial charge in [-0.1, -0.05) is 18.2 Å². The first-order chi connectivity index (χ1) is 6.95. The molecule has 0 unspecified atom stereocenters. The van der Waals surface area contributed by atoms with Gasteiger partial charge in [0.05, 0.1) is 11.2 Å². The third kappa shape index (κ3) is 1.13. The Morgan fingerprint density at radius 3 is 3.21 bits per heavy atom. The molecule has 2 nitrogen and oxygen atoms in total. The Morgan fingerprint density at radius 1 is 1.29 bits per heavy atom. The summed E-state index contributed by atoms with van der Waals surface area (Å²) in [7, 11) is 0. The molecule has 1 N–H and O–H groups in total. The summed E-state index contributed by atoms with van der Waals surface area (Å²) in [4.78, 5) is 5.83. The van der Waals surface area contributed by atoms with Crippen molar-refractivity contribution in [1.29, 1.82) is 0 Å². The monoisotopic (exact) mass is 202 g/mol. The molecule has 2 aromatic rings. The average Bonchev–Trinajstić information content (AvgIpc) is 2.61. The van der Waals surface area contributed by atoms with Gasteiger partial charge >= 0.3 is 0 Å². The van der Waals surface area contributed by atoms with Crippen LogP contribution in [0.25, 0.3) is 11.3 Å². The van der Waals surface area contributed by atoms with Crippen LogP contribution in [0.3, 0.4) is 0 Å². The number of thiazole rings is 1. The minimum atomic E-state index is 1.01. The molecule has 3 heteroatoms. The van der Waals surface area contributed by atoms with Gasteiger partial charge in [0.2, 0.25) is 0 Å². The zero-order valence-electron chi connectivity index (χ0n) is 7.66. The molecule has 0 saturated carbocycles. The molecule has 1 aromatic heterocycles. The summed E-state index contributed by atoms with van der Waals surface area (Å²) in [6.45, 7) is 1.01. The number of rotatable bonds is 0. The second-order valence-corrected chi connectivity index (χ2v) is 4.29. The molecule has 0 spiro atoms. The highest BCUT2D eigenvalue weighted by atomic mass is 32.1. The topological polar surface area (TPSA) is 24.9 Å². The third-order valence-corrected chi connectivity index (χ3v) is 3.38. The van der Waals surface area contributed by atoms with E-state index in [1.807, 2.05) is 5.51 Å². The molecule has 1 aromatic carbocycles. The van der Waals surface area contributed by atoms with E-state index in [1.165, 1.54) is 16.1 Å². The van der Waals surface area contributed by atoms with Crippen molar-refractivity contribution in [3.8, 4) is 11.3 Å². The van der Waals surface area contributed by atoms with E-state index in [1.54, 1.807) is 11.3 Å². The lowest BCUT2D eigenvalue weighted by Gasteiger charge is -2.05. The van der Waals surface area contributed by atoms with Crippen molar-refractivity contribution in [2.45, 2.75) is 6.42 Å². The summed E-state index contributed by atoms with van der Waals surface area (Å²) < 4.78 is 0.